The number of ether oxygens (including phenoxy) is 2. The number of carbonyl (C=O) groups is 2. The summed E-state index contributed by atoms with van der Waals surface area (Å²) in [7, 11) is 1.57. The lowest BCUT2D eigenvalue weighted by Crippen LogP contribution is -2.39. The van der Waals surface area contributed by atoms with E-state index in [1.54, 1.807) is 37.6 Å². The van der Waals surface area contributed by atoms with Crippen LogP contribution in [0.3, 0.4) is 0 Å². The molecule has 33 heavy (non-hydrogen) atoms. The van der Waals surface area contributed by atoms with Crippen LogP contribution < -0.4 is 20.2 Å². The number of hydrazone groups is 1. The van der Waals surface area contributed by atoms with Gasteiger partial charge >= 0.3 is 0 Å². The van der Waals surface area contributed by atoms with Gasteiger partial charge in [-0.3, -0.25) is 9.59 Å². The standard InChI is InChI=1S/C26H29N3O4/c1-5-33-23-15-10-18(21-8-6-7-9-22(21)23)16-27-29-26(31)24(17(2)3)25(30)28-19-11-13-20(32-4)14-12-19/h6-17,24H,5H2,1-4H3,(H,28,30)(H,29,31). The Bertz CT molecular complexity index is 1140. The van der Waals surface area contributed by atoms with Gasteiger partial charge in [-0.2, -0.15) is 5.10 Å². The topological polar surface area (TPSA) is 89.0 Å². The number of hydrogen-bond donors (Lipinski definition) is 2. The maximum absolute atomic E-state index is 12.8. The molecule has 0 spiro atoms. The van der Waals surface area contributed by atoms with Gasteiger partial charge in [-0.05, 0) is 54.6 Å². The quantitative estimate of drug-likeness (QED) is 0.285. The second kappa shape index (κ2) is 11.1. The number of rotatable bonds is 9. The molecule has 0 aliphatic rings. The Labute approximate surface area is 193 Å². The van der Waals surface area contributed by atoms with Crippen LogP contribution in [0.2, 0.25) is 0 Å². The minimum absolute atomic E-state index is 0.218. The number of carbonyl (C=O) groups excluding carboxylic acids is 2. The van der Waals surface area contributed by atoms with Crippen molar-refractivity contribution >= 4 is 34.5 Å². The Morgan fingerprint density at radius 2 is 1.67 bits per heavy atom. The molecule has 7 nitrogen and oxygen atoms in total. The zero-order chi connectivity index (χ0) is 23.8. The Morgan fingerprint density at radius 1 is 0.970 bits per heavy atom. The summed E-state index contributed by atoms with van der Waals surface area (Å²) in [5.41, 5.74) is 3.94. The molecule has 0 aliphatic heterocycles. The van der Waals surface area contributed by atoms with Crippen LogP contribution in [0.1, 0.15) is 26.3 Å². The number of anilines is 1. The monoisotopic (exact) mass is 447 g/mol. The number of benzene rings is 3. The number of amides is 2. The molecule has 3 aromatic carbocycles. The lowest BCUT2D eigenvalue weighted by Gasteiger charge is -2.18. The van der Waals surface area contributed by atoms with Crippen molar-refractivity contribution < 1.29 is 19.1 Å². The normalized spacial score (nSPS) is 12.0. The fraction of sp³-hybridized carbons (Fsp3) is 0.269. The van der Waals surface area contributed by atoms with Crippen molar-refractivity contribution in [3.8, 4) is 11.5 Å². The summed E-state index contributed by atoms with van der Waals surface area (Å²) in [5.74, 6) is -0.505. The van der Waals surface area contributed by atoms with Gasteiger partial charge in [0.2, 0.25) is 5.91 Å². The van der Waals surface area contributed by atoms with E-state index in [-0.39, 0.29) is 5.92 Å². The second-order valence-electron chi connectivity index (χ2n) is 7.81. The fourth-order valence-electron chi connectivity index (χ4n) is 3.54. The Hall–Kier alpha value is -3.87. The summed E-state index contributed by atoms with van der Waals surface area (Å²) in [6, 6.07) is 18.5. The van der Waals surface area contributed by atoms with Crippen molar-refractivity contribution in [2.24, 2.45) is 16.9 Å². The van der Waals surface area contributed by atoms with Crippen LogP contribution in [0.4, 0.5) is 5.69 Å². The molecule has 1 atom stereocenters. The number of methoxy groups -OCH3 is 1. The second-order valence-corrected chi connectivity index (χ2v) is 7.81. The van der Waals surface area contributed by atoms with Crippen LogP contribution in [-0.4, -0.2) is 31.7 Å². The summed E-state index contributed by atoms with van der Waals surface area (Å²) in [5, 5.41) is 8.83. The Balaban J connectivity index is 1.72. The molecular weight excluding hydrogens is 418 g/mol. The highest BCUT2D eigenvalue weighted by Gasteiger charge is 2.30. The van der Waals surface area contributed by atoms with Crippen LogP contribution in [0.25, 0.3) is 10.8 Å². The first-order valence-corrected chi connectivity index (χ1v) is 10.9. The Kier molecular flexibility index (Phi) is 8.02. The SMILES string of the molecule is CCOc1ccc(C=NNC(=O)C(C(=O)Nc2ccc(OC)cc2)C(C)C)c2ccccc12. The summed E-state index contributed by atoms with van der Waals surface area (Å²) in [4.78, 5) is 25.6. The van der Waals surface area contributed by atoms with Crippen LogP contribution >= 0.6 is 0 Å². The molecule has 2 amide bonds. The molecule has 0 bridgehead atoms. The van der Waals surface area contributed by atoms with Crippen molar-refractivity contribution in [1.29, 1.82) is 0 Å². The van der Waals surface area contributed by atoms with Gasteiger partial charge in [0, 0.05) is 16.6 Å². The molecule has 0 radical (unpaired) electrons. The van der Waals surface area contributed by atoms with E-state index >= 15 is 0 Å². The van der Waals surface area contributed by atoms with Crippen molar-refractivity contribution in [1.82, 2.24) is 5.43 Å². The molecule has 0 fully saturated rings. The molecule has 0 aliphatic carbocycles. The first-order valence-electron chi connectivity index (χ1n) is 10.9. The van der Waals surface area contributed by atoms with Crippen molar-refractivity contribution in [3.63, 3.8) is 0 Å². The summed E-state index contributed by atoms with van der Waals surface area (Å²) >= 11 is 0. The van der Waals surface area contributed by atoms with Crippen LogP contribution in [0.15, 0.2) is 65.8 Å². The zero-order valence-electron chi connectivity index (χ0n) is 19.3. The van der Waals surface area contributed by atoms with Crippen LogP contribution in [0, 0.1) is 11.8 Å². The highest BCUT2D eigenvalue weighted by atomic mass is 16.5. The van der Waals surface area contributed by atoms with E-state index in [2.05, 4.69) is 15.8 Å². The third-order valence-electron chi connectivity index (χ3n) is 5.19. The molecular formula is C26H29N3O4. The van der Waals surface area contributed by atoms with E-state index in [9.17, 15) is 9.59 Å². The van der Waals surface area contributed by atoms with E-state index in [1.165, 1.54) is 0 Å². The third kappa shape index (κ3) is 5.88. The first-order chi connectivity index (χ1) is 15.9. The smallest absolute Gasteiger partial charge is 0.252 e. The van der Waals surface area contributed by atoms with Crippen molar-refractivity contribution in [2.75, 3.05) is 19.0 Å². The number of fused-ring (bicyclic) bond motifs is 1. The molecule has 2 N–H and O–H groups in total. The molecule has 1 unspecified atom stereocenters. The highest BCUT2D eigenvalue weighted by molar-refractivity contribution is 6.07. The summed E-state index contributed by atoms with van der Waals surface area (Å²) in [6.07, 6.45) is 1.58. The van der Waals surface area contributed by atoms with Gasteiger partial charge in [0.15, 0.2) is 0 Å². The fourth-order valence-corrected chi connectivity index (χ4v) is 3.54. The van der Waals surface area contributed by atoms with E-state index in [1.807, 2.05) is 57.2 Å². The van der Waals surface area contributed by atoms with Crippen LogP contribution in [-0.2, 0) is 9.59 Å². The molecule has 0 saturated carbocycles. The minimum atomic E-state index is -0.902. The van der Waals surface area contributed by atoms with E-state index in [0.29, 0.717) is 18.0 Å². The van der Waals surface area contributed by atoms with E-state index in [4.69, 9.17) is 9.47 Å². The largest absolute Gasteiger partial charge is 0.497 e. The Morgan fingerprint density at radius 3 is 2.30 bits per heavy atom. The first kappa shape index (κ1) is 23.8. The lowest BCUT2D eigenvalue weighted by molar-refractivity contribution is -0.134. The number of nitrogens with zero attached hydrogens (tertiary/aromatic N) is 1. The van der Waals surface area contributed by atoms with Crippen molar-refractivity contribution in [3.05, 3.63) is 66.2 Å². The molecule has 3 rings (SSSR count). The van der Waals surface area contributed by atoms with Crippen molar-refractivity contribution in [2.45, 2.75) is 20.8 Å². The average molecular weight is 448 g/mol. The molecule has 0 aromatic heterocycles. The molecule has 0 heterocycles. The molecule has 172 valence electrons. The van der Waals surface area contributed by atoms with Gasteiger partial charge in [0.25, 0.3) is 5.91 Å². The maximum atomic E-state index is 12.8. The highest BCUT2D eigenvalue weighted by Crippen LogP contribution is 2.28. The number of nitrogens with one attached hydrogen (secondary N) is 2. The zero-order valence-corrected chi connectivity index (χ0v) is 19.3. The van der Waals surface area contributed by atoms with Crippen LogP contribution in [0.5, 0.6) is 11.5 Å². The lowest BCUT2D eigenvalue weighted by atomic mass is 9.94. The van der Waals surface area contributed by atoms with E-state index in [0.717, 1.165) is 22.1 Å². The maximum Gasteiger partial charge on any atom is 0.252 e. The van der Waals surface area contributed by atoms with Gasteiger partial charge in [0.05, 0.1) is 19.9 Å². The molecule has 7 heteroatoms. The summed E-state index contributed by atoms with van der Waals surface area (Å²) < 4.78 is 10.8. The minimum Gasteiger partial charge on any atom is -0.497 e. The van der Waals surface area contributed by atoms with Gasteiger partial charge in [-0.1, -0.05) is 38.1 Å². The number of hydrogen-bond acceptors (Lipinski definition) is 5. The van der Waals surface area contributed by atoms with E-state index < -0.39 is 17.7 Å². The van der Waals surface area contributed by atoms with Gasteiger partial charge in [-0.15, -0.1) is 0 Å². The van der Waals surface area contributed by atoms with Gasteiger partial charge in [0.1, 0.15) is 17.4 Å². The third-order valence-corrected chi connectivity index (χ3v) is 5.19. The predicted octanol–water partition coefficient (Wildman–Crippen LogP) is 4.61. The molecule has 0 saturated heterocycles. The molecule has 3 aromatic rings. The average Bonchev–Trinajstić information content (AvgIpc) is 2.81. The van der Waals surface area contributed by atoms with Gasteiger partial charge in [-0.25, -0.2) is 5.43 Å². The summed E-state index contributed by atoms with van der Waals surface area (Å²) in [6.45, 7) is 6.15. The van der Waals surface area contributed by atoms with Gasteiger partial charge < -0.3 is 14.8 Å². The predicted molar refractivity (Wildman–Crippen MR) is 131 cm³/mol.